The Morgan fingerprint density at radius 3 is 2.45 bits per heavy atom. The van der Waals surface area contributed by atoms with Gasteiger partial charge in [0.15, 0.2) is 0 Å². The zero-order valence-corrected chi connectivity index (χ0v) is 11.9. The van der Waals surface area contributed by atoms with Crippen molar-refractivity contribution in [2.24, 2.45) is 0 Å². The number of benzene rings is 1. The van der Waals surface area contributed by atoms with Crippen molar-refractivity contribution in [3.05, 3.63) is 35.4 Å². The summed E-state index contributed by atoms with van der Waals surface area (Å²) in [6.45, 7) is 2.29. The van der Waals surface area contributed by atoms with Crippen LogP contribution in [-0.2, 0) is 4.74 Å². The van der Waals surface area contributed by atoms with Crippen molar-refractivity contribution in [2.75, 3.05) is 27.2 Å². The van der Waals surface area contributed by atoms with Crippen LogP contribution in [0.25, 0.3) is 0 Å². The molecule has 0 aliphatic heterocycles. The van der Waals surface area contributed by atoms with Gasteiger partial charge in [-0.25, -0.2) is 4.79 Å². The molecule has 0 spiro atoms. The van der Waals surface area contributed by atoms with E-state index in [2.05, 4.69) is 17.2 Å². The van der Waals surface area contributed by atoms with Crippen LogP contribution >= 0.6 is 0 Å². The number of carbonyl (C=O) groups excluding carboxylic acids is 2. The molecule has 0 heterocycles. The quantitative estimate of drug-likeness (QED) is 0.849. The molecule has 5 nitrogen and oxygen atoms in total. The zero-order valence-electron chi connectivity index (χ0n) is 11.9. The molecule has 20 heavy (non-hydrogen) atoms. The third-order valence-corrected chi connectivity index (χ3v) is 2.37. The highest BCUT2D eigenvalue weighted by Gasteiger charge is 2.06. The summed E-state index contributed by atoms with van der Waals surface area (Å²) in [5.41, 5.74) is 1.40. The van der Waals surface area contributed by atoms with Crippen LogP contribution in [0.3, 0.4) is 0 Å². The van der Waals surface area contributed by atoms with Gasteiger partial charge in [-0.3, -0.25) is 4.79 Å². The summed E-state index contributed by atoms with van der Waals surface area (Å²) in [4.78, 5) is 24.2. The number of hydrogen-bond donors (Lipinski definition) is 1. The Hall–Kier alpha value is -2.48. The molecule has 0 aromatic heterocycles. The molecule has 1 aromatic carbocycles. The van der Waals surface area contributed by atoms with E-state index in [4.69, 9.17) is 4.74 Å². The lowest BCUT2D eigenvalue weighted by Gasteiger charge is -2.09. The van der Waals surface area contributed by atoms with Crippen LogP contribution in [0.4, 0.5) is 4.79 Å². The molecule has 0 atom stereocenters. The molecular weight excluding hydrogens is 256 g/mol. The second-order valence-electron chi connectivity index (χ2n) is 4.15. The van der Waals surface area contributed by atoms with Crippen molar-refractivity contribution >= 4 is 12.0 Å². The van der Waals surface area contributed by atoms with Gasteiger partial charge in [0.2, 0.25) is 0 Å². The number of hydrogen-bond acceptors (Lipinski definition) is 3. The highest BCUT2D eigenvalue weighted by molar-refractivity contribution is 5.93. The van der Waals surface area contributed by atoms with Gasteiger partial charge in [-0.2, -0.15) is 0 Å². The van der Waals surface area contributed by atoms with Crippen molar-refractivity contribution in [3.63, 3.8) is 0 Å². The van der Waals surface area contributed by atoms with E-state index in [9.17, 15) is 9.59 Å². The average molecular weight is 274 g/mol. The van der Waals surface area contributed by atoms with Crippen LogP contribution in [0.1, 0.15) is 22.8 Å². The van der Waals surface area contributed by atoms with Gasteiger partial charge in [-0.15, -0.1) is 0 Å². The first-order valence-electron chi connectivity index (χ1n) is 6.25. The lowest BCUT2D eigenvalue weighted by Crippen LogP contribution is -2.24. The summed E-state index contributed by atoms with van der Waals surface area (Å²) in [7, 11) is 3.41. The summed E-state index contributed by atoms with van der Waals surface area (Å²) in [6, 6.07) is 7.00. The summed E-state index contributed by atoms with van der Waals surface area (Å²) >= 11 is 0. The molecule has 0 radical (unpaired) electrons. The van der Waals surface area contributed by atoms with Crippen molar-refractivity contribution in [1.82, 2.24) is 10.2 Å². The van der Waals surface area contributed by atoms with Gasteiger partial charge < -0.3 is 15.0 Å². The number of nitrogens with one attached hydrogen (secondary N) is 1. The summed E-state index contributed by atoms with van der Waals surface area (Å²) in [5, 5.41) is 2.50. The summed E-state index contributed by atoms with van der Waals surface area (Å²) in [5.74, 6) is 5.65. The predicted molar refractivity (Wildman–Crippen MR) is 76.4 cm³/mol. The molecule has 0 unspecified atom stereocenters. The maximum absolute atomic E-state index is 11.7. The van der Waals surface area contributed by atoms with Gasteiger partial charge in [0.1, 0.15) is 0 Å². The molecule has 0 aliphatic rings. The van der Waals surface area contributed by atoms with Crippen molar-refractivity contribution in [3.8, 4) is 11.8 Å². The van der Waals surface area contributed by atoms with Crippen LogP contribution in [0.15, 0.2) is 24.3 Å². The first kappa shape index (κ1) is 15.6. The largest absolute Gasteiger partial charge is 0.450 e. The molecule has 0 bridgehead atoms. The minimum atomic E-state index is -0.478. The molecule has 1 aromatic rings. The molecule has 5 heteroatoms. The van der Waals surface area contributed by atoms with Crippen LogP contribution in [0.5, 0.6) is 0 Å². The Bertz CT molecular complexity index is 524. The third-order valence-electron chi connectivity index (χ3n) is 2.37. The maximum atomic E-state index is 11.7. The fraction of sp³-hybridized carbons (Fsp3) is 0.333. The number of nitrogens with zero attached hydrogens (tertiary/aromatic N) is 1. The average Bonchev–Trinajstić information content (AvgIpc) is 2.43. The Balaban J connectivity index is 2.54. The SMILES string of the molecule is CCOC(=O)NCC#Cc1ccc(C(=O)N(C)C)cc1. The molecule has 0 aliphatic carbocycles. The Morgan fingerprint density at radius 2 is 1.90 bits per heavy atom. The normalized spacial score (nSPS) is 9.15. The smallest absolute Gasteiger partial charge is 0.407 e. The van der Waals surface area contributed by atoms with Crippen molar-refractivity contribution in [2.45, 2.75) is 6.92 Å². The van der Waals surface area contributed by atoms with Crippen LogP contribution in [0, 0.1) is 11.8 Å². The second kappa shape index (κ2) is 7.85. The van der Waals surface area contributed by atoms with E-state index in [0.29, 0.717) is 12.2 Å². The zero-order chi connectivity index (χ0) is 15.0. The van der Waals surface area contributed by atoms with E-state index < -0.39 is 6.09 Å². The summed E-state index contributed by atoms with van der Waals surface area (Å²) in [6.07, 6.45) is -0.478. The Morgan fingerprint density at radius 1 is 1.25 bits per heavy atom. The summed E-state index contributed by atoms with van der Waals surface area (Å²) < 4.78 is 4.70. The minimum absolute atomic E-state index is 0.0477. The van der Waals surface area contributed by atoms with E-state index in [-0.39, 0.29) is 12.5 Å². The first-order valence-corrected chi connectivity index (χ1v) is 6.25. The van der Waals surface area contributed by atoms with Gasteiger partial charge in [0.05, 0.1) is 13.2 Å². The first-order chi connectivity index (χ1) is 9.54. The second-order valence-corrected chi connectivity index (χ2v) is 4.15. The standard InChI is InChI=1S/C15H18N2O3/c1-4-20-15(19)16-11-5-6-12-7-9-13(10-8-12)14(18)17(2)3/h7-10H,4,11H2,1-3H3,(H,16,19). The highest BCUT2D eigenvalue weighted by atomic mass is 16.5. The highest BCUT2D eigenvalue weighted by Crippen LogP contribution is 2.05. The van der Waals surface area contributed by atoms with E-state index in [1.165, 1.54) is 4.90 Å². The fourth-order valence-corrected chi connectivity index (χ4v) is 1.40. The minimum Gasteiger partial charge on any atom is -0.450 e. The van der Waals surface area contributed by atoms with Gasteiger partial charge in [0, 0.05) is 25.2 Å². The van der Waals surface area contributed by atoms with Crippen molar-refractivity contribution < 1.29 is 14.3 Å². The van der Waals surface area contributed by atoms with Crippen molar-refractivity contribution in [1.29, 1.82) is 0 Å². The van der Waals surface area contributed by atoms with Crippen LogP contribution < -0.4 is 5.32 Å². The number of rotatable bonds is 3. The molecule has 1 N–H and O–H groups in total. The molecule has 0 fully saturated rings. The number of alkyl carbamates (subject to hydrolysis) is 1. The molecular formula is C15H18N2O3. The van der Waals surface area contributed by atoms with E-state index in [0.717, 1.165) is 5.56 Å². The monoisotopic (exact) mass is 274 g/mol. The Labute approximate surface area is 118 Å². The molecule has 106 valence electrons. The number of amides is 2. The van der Waals surface area contributed by atoms with E-state index >= 15 is 0 Å². The van der Waals surface area contributed by atoms with Gasteiger partial charge in [-0.1, -0.05) is 11.8 Å². The van der Waals surface area contributed by atoms with E-state index in [1.807, 2.05) is 0 Å². The number of carbonyl (C=O) groups is 2. The molecule has 2 amide bonds. The molecule has 0 saturated heterocycles. The fourth-order valence-electron chi connectivity index (χ4n) is 1.40. The Kier molecular flexibility index (Phi) is 6.11. The van der Waals surface area contributed by atoms with E-state index in [1.54, 1.807) is 45.3 Å². The third kappa shape index (κ3) is 5.02. The van der Waals surface area contributed by atoms with Gasteiger partial charge in [0.25, 0.3) is 5.91 Å². The maximum Gasteiger partial charge on any atom is 0.407 e. The molecule has 0 saturated carbocycles. The predicted octanol–water partition coefficient (Wildman–Crippen LogP) is 1.49. The van der Waals surface area contributed by atoms with Gasteiger partial charge in [-0.05, 0) is 31.2 Å². The number of ether oxygens (including phenoxy) is 1. The van der Waals surface area contributed by atoms with Crippen LogP contribution in [0.2, 0.25) is 0 Å². The lowest BCUT2D eigenvalue weighted by molar-refractivity contribution is 0.0827. The van der Waals surface area contributed by atoms with Crippen LogP contribution in [-0.4, -0.2) is 44.1 Å². The lowest BCUT2D eigenvalue weighted by atomic mass is 10.1. The topological polar surface area (TPSA) is 58.6 Å². The van der Waals surface area contributed by atoms with Gasteiger partial charge >= 0.3 is 6.09 Å². The molecule has 1 rings (SSSR count).